The topological polar surface area (TPSA) is 45.9 Å². The molecule has 0 spiro atoms. The van der Waals surface area contributed by atoms with Crippen LogP contribution in [-0.2, 0) is 17.5 Å². The van der Waals surface area contributed by atoms with Crippen LogP contribution in [0, 0.1) is 11.3 Å². The fourth-order valence-electron chi connectivity index (χ4n) is 1.84. The lowest BCUT2D eigenvalue weighted by molar-refractivity contribution is -0.137. The number of nitrogens with zero attached hydrogens (tertiary/aromatic N) is 2. The second-order valence-electron chi connectivity index (χ2n) is 4.71. The Balaban J connectivity index is 1.99. The van der Waals surface area contributed by atoms with Crippen LogP contribution in [0.25, 0.3) is 0 Å². The summed E-state index contributed by atoms with van der Waals surface area (Å²) in [5.41, 5.74) is 0.845. The molecule has 22 heavy (non-hydrogen) atoms. The van der Waals surface area contributed by atoms with Crippen LogP contribution in [0.5, 0.6) is 0 Å². The van der Waals surface area contributed by atoms with Crippen molar-refractivity contribution in [3.8, 4) is 6.07 Å². The molecule has 0 amide bonds. The maximum Gasteiger partial charge on any atom is 0.416 e. The standard InChI is InChI=1S/C16H13F3N2O/c1-11(15-4-2-3-14(9-20)21-15)22-10-12-5-7-13(8-6-12)16(17,18)19/h2-8,11H,10H2,1H3. The minimum Gasteiger partial charge on any atom is -0.368 e. The van der Waals surface area contributed by atoms with Crippen molar-refractivity contribution < 1.29 is 17.9 Å². The number of benzene rings is 1. The predicted octanol–water partition coefficient (Wildman–Crippen LogP) is 4.25. The Morgan fingerprint density at radius 3 is 2.45 bits per heavy atom. The Morgan fingerprint density at radius 1 is 1.18 bits per heavy atom. The van der Waals surface area contributed by atoms with Crippen molar-refractivity contribution in [2.24, 2.45) is 0 Å². The van der Waals surface area contributed by atoms with Gasteiger partial charge in [-0.15, -0.1) is 0 Å². The molecule has 0 aliphatic carbocycles. The van der Waals surface area contributed by atoms with Gasteiger partial charge in [-0.25, -0.2) is 4.98 Å². The number of hydrogen-bond acceptors (Lipinski definition) is 3. The maximum atomic E-state index is 12.5. The largest absolute Gasteiger partial charge is 0.416 e. The molecule has 1 atom stereocenters. The van der Waals surface area contributed by atoms with Crippen LogP contribution in [-0.4, -0.2) is 4.98 Å². The quantitative estimate of drug-likeness (QED) is 0.848. The SMILES string of the molecule is CC(OCc1ccc(C(F)(F)F)cc1)c1cccc(C#N)n1. The summed E-state index contributed by atoms with van der Waals surface area (Å²) in [6.07, 6.45) is -4.70. The van der Waals surface area contributed by atoms with E-state index in [1.807, 2.05) is 6.07 Å². The van der Waals surface area contributed by atoms with E-state index in [4.69, 9.17) is 10.00 Å². The van der Waals surface area contributed by atoms with Crippen molar-refractivity contribution >= 4 is 0 Å². The number of ether oxygens (including phenoxy) is 1. The molecule has 0 N–H and O–H groups in total. The minimum absolute atomic E-state index is 0.164. The Kier molecular flexibility index (Phi) is 4.78. The van der Waals surface area contributed by atoms with E-state index in [0.717, 1.165) is 12.1 Å². The predicted molar refractivity (Wildman–Crippen MR) is 73.6 cm³/mol. The molecule has 1 aromatic heterocycles. The van der Waals surface area contributed by atoms with Crippen LogP contribution in [0.2, 0.25) is 0 Å². The van der Waals surface area contributed by atoms with Crippen LogP contribution in [0.4, 0.5) is 13.2 Å². The second-order valence-corrected chi connectivity index (χ2v) is 4.71. The summed E-state index contributed by atoms with van der Waals surface area (Å²) < 4.78 is 43.0. The average Bonchev–Trinajstić information content (AvgIpc) is 2.52. The molecule has 1 heterocycles. The summed E-state index contributed by atoms with van der Waals surface area (Å²) >= 11 is 0. The van der Waals surface area contributed by atoms with Crippen molar-refractivity contribution in [3.63, 3.8) is 0 Å². The molecule has 0 aliphatic heterocycles. The van der Waals surface area contributed by atoms with Crippen LogP contribution in [0.15, 0.2) is 42.5 Å². The highest BCUT2D eigenvalue weighted by molar-refractivity contribution is 5.25. The van der Waals surface area contributed by atoms with Gasteiger partial charge in [-0.1, -0.05) is 18.2 Å². The van der Waals surface area contributed by atoms with Gasteiger partial charge in [0.05, 0.1) is 24.0 Å². The number of nitriles is 1. The lowest BCUT2D eigenvalue weighted by atomic mass is 10.1. The van der Waals surface area contributed by atoms with Crippen molar-refractivity contribution in [2.75, 3.05) is 0 Å². The Hall–Kier alpha value is -2.39. The van der Waals surface area contributed by atoms with Crippen molar-refractivity contribution in [2.45, 2.75) is 25.8 Å². The summed E-state index contributed by atoms with van der Waals surface area (Å²) in [7, 11) is 0. The lowest BCUT2D eigenvalue weighted by Crippen LogP contribution is -2.06. The van der Waals surface area contributed by atoms with E-state index >= 15 is 0 Å². The molecular weight excluding hydrogens is 293 g/mol. The first-order valence-electron chi connectivity index (χ1n) is 6.55. The second kappa shape index (κ2) is 6.58. The van der Waals surface area contributed by atoms with E-state index in [0.29, 0.717) is 17.0 Å². The van der Waals surface area contributed by atoms with Crippen LogP contribution in [0.3, 0.4) is 0 Å². The normalized spacial score (nSPS) is 12.7. The van der Waals surface area contributed by atoms with Crippen molar-refractivity contribution in [1.82, 2.24) is 4.98 Å². The minimum atomic E-state index is -4.34. The summed E-state index contributed by atoms with van der Waals surface area (Å²) in [6.45, 7) is 1.94. The monoisotopic (exact) mass is 306 g/mol. The number of hydrogen-bond donors (Lipinski definition) is 0. The van der Waals surface area contributed by atoms with E-state index in [-0.39, 0.29) is 12.7 Å². The number of pyridine rings is 1. The Morgan fingerprint density at radius 2 is 1.86 bits per heavy atom. The number of alkyl halides is 3. The van der Waals surface area contributed by atoms with Gasteiger partial charge in [-0.05, 0) is 36.8 Å². The van der Waals surface area contributed by atoms with E-state index in [9.17, 15) is 13.2 Å². The number of halogens is 3. The molecule has 114 valence electrons. The fourth-order valence-corrected chi connectivity index (χ4v) is 1.84. The zero-order valence-electron chi connectivity index (χ0n) is 11.8. The van der Waals surface area contributed by atoms with Crippen LogP contribution in [0.1, 0.15) is 35.5 Å². The molecule has 2 rings (SSSR count). The molecule has 1 aromatic carbocycles. The van der Waals surface area contributed by atoms with Gasteiger partial charge in [0.25, 0.3) is 0 Å². The first-order chi connectivity index (χ1) is 10.4. The van der Waals surface area contributed by atoms with E-state index in [2.05, 4.69) is 4.98 Å². The molecule has 3 nitrogen and oxygen atoms in total. The first kappa shape index (κ1) is 16.0. The van der Waals surface area contributed by atoms with Crippen LogP contribution < -0.4 is 0 Å². The number of aromatic nitrogens is 1. The average molecular weight is 306 g/mol. The molecule has 6 heteroatoms. The highest BCUT2D eigenvalue weighted by Crippen LogP contribution is 2.29. The molecule has 0 saturated carbocycles. The summed E-state index contributed by atoms with van der Waals surface area (Å²) in [4.78, 5) is 4.11. The third kappa shape index (κ3) is 4.06. The Bertz CT molecular complexity index is 675. The van der Waals surface area contributed by atoms with Gasteiger partial charge < -0.3 is 4.74 Å². The van der Waals surface area contributed by atoms with E-state index < -0.39 is 11.7 Å². The van der Waals surface area contributed by atoms with Gasteiger partial charge in [-0.2, -0.15) is 18.4 Å². The highest BCUT2D eigenvalue weighted by atomic mass is 19.4. The zero-order chi connectivity index (χ0) is 16.2. The van der Waals surface area contributed by atoms with Crippen molar-refractivity contribution in [3.05, 3.63) is 65.0 Å². The molecule has 2 aromatic rings. The maximum absolute atomic E-state index is 12.5. The van der Waals surface area contributed by atoms with E-state index in [1.54, 1.807) is 25.1 Å². The first-order valence-corrected chi connectivity index (χ1v) is 6.55. The molecule has 0 saturated heterocycles. The number of rotatable bonds is 4. The van der Waals surface area contributed by atoms with Gasteiger partial charge in [-0.3, -0.25) is 0 Å². The molecule has 0 aliphatic rings. The smallest absolute Gasteiger partial charge is 0.368 e. The van der Waals surface area contributed by atoms with Gasteiger partial charge >= 0.3 is 6.18 Å². The molecule has 0 radical (unpaired) electrons. The zero-order valence-corrected chi connectivity index (χ0v) is 11.8. The van der Waals surface area contributed by atoms with Gasteiger partial charge in [0.1, 0.15) is 11.8 Å². The highest BCUT2D eigenvalue weighted by Gasteiger charge is 2.29. The third-order valence-electron chi connectivity index (χ3n) is 3.08. The summed E-state index contributed by atoms with van der Waals surface area (Å²) in [5.74, 6) is 0. The fraction of sp³-hybridized carbons (Fsp3) is 0.250. The van der Waals surface area contributed by atoms with Crippen molar-refractivity contribution in [1.29, 1.82) is 5.26 Å². The molecule has 1 unspecified atom stereocenters. The van der Waals surface area contributed by atoms with Gasteiger partial charge in [0, 0.05) is 0 Å². The van der Waals surface area contributed by atoms with Crippen LogP contribution >= 0.6 is 0 Å². The summed E-state index contributed by atoms with van der Waals surface area (Å²) in [6, 6.07) is 11.8. The molecule has 0 bridgehead atoms. The Labute approximate surface area is 126 Å². The van der Waals surface area contributed by atoms with Gasteiger partial charge in [0.15, 0.2) is 0 Å². The van der Waals surface area contributed by atoms with E-state index in [1.165, 1.54) is 12.1 Å². The summed E-state index contributed by atoms with van der Waals surface area (Å²) in [5, 5.41) is 8.80. The van der Waals surface area contributed by atoms with Gasteiger partial charge in [0.2, 0.25) is 0 Å². The molecule has 0 fully saturated rings. The molecular formula is C16H13F3N2O. The third-order valence-corrected chi connectivity index (χ3v) is 3.08. The lowest BCUT2D eigenvalue weighted by Gasteiger charge is -2.13.